The zero-order chi connectivity index (χ0) is 9.80. The fraction of sp³-hybridized carbons (Fsp3) is 0.417. The number of aromatic nitrogens is 1. The molecule has 74 valence electrons. The van der Waals surface area contributed by atoms with Crippen molar-refractivity contribution < 1.29 is 0 Å². The van der Waals surface area contributed by atoms with Gasteiger partial charge in [-0.25, -0.2) is 0 Å². The number of fused-ring (bicyclic) bond motifs is 1. The van der Waals surface area contributed by atoms with Crippen LogP contribution in [0.1, 0.15) is 31.7 Å². The van der Waals surface area contributed by atoms with Gasteiger partial charge in [-0.3, -0.25) is 0 Å². The van der Waals surface area contributed by atoms with Gasteiger partial charge in [-0.2, -0.15) is 4.37 Å². The molecular formula is C12H15NS. The number of aryl methyl sites for hydroxylation is 1. The van der Waals surface area contributed by atoms with Gasteiger partial charge in [0.15, 0.2) is 0 Å². The topological polar surface area (TPSA) is 12.9 Å². The summed E-state index contributed by atoms with van der Waals surface area (Å²) in [5.41, 5.74) is 1.45. The van der Waals surface area contributed by atoms with E-state index < -0.39 is 0 Å². The zero-order valence-electron chi connectivity index (χ0n) is 8.49. The summed E-state index contributed by atoms with van der Waals surface area (Å²) < 4.78 is 5.50. The minimum absolute atomic E-state index is 1.21. The number of benzene rings is 1. The Morgan fingerprint density at radius 2 is 2.21 bits per heavy atom. The van der Waals surface area contributed by atoms with Crippen molar-refractivity contribution in [2.24, 2.45) is 0 Å². The van der Waals surface area contributed by atoms with E-state index in [1.807, 2.05) is 6.20 Å². The van der Waals surface area contributed by atoms with E-state index >= 15 is 0 Å². The summed E-state index contributed by atoms with van der Waals surface area (Å²) in [4.78, 5) is 0. The average molecular weight is 205 g/mol. The third kappa shape index (κ3) is 2.13. The van der Waals surface area contributed by atoms with Crippen molar-refractivity contribution in [3.05, 3.63) is 30.0 Å². The second-order valence-electron chi connectivity index (χ2n) is 3.66. The molecule has 0 amide bonds. The quantitative estimate of drug-likeness (QED) is 0.687. The molecule has 1 aromatic carbocycles. The van der Waals surface area contributed by atoms with E-state index in [-0.39, 0.29) is 0 Å². The molecule has 0 saturated heterocycles. The summed E-state index contributed by atoms with van der Waals surface area (Å²) in [7, 11) is 0. The van der Waals surface area contributed by atoms with Crippen LogP contribution in [0.5, 0.6) is 0 Å². The fourth-order valence-corrected chi connectivity index (χ4v) is 2.35. The highest BCUT2D eigenvalue weighted by molar-refractivity contribution is 7.13. The highest BCUT2D eigenvalue weighted by atomic mass is 32.1. The van der Waals surface area contributed by atoms with E-state index in [0.717, 1.165) is 0 Å². The predicted molar refractivity (Wildman–Crippen MR) is 62.8 cm³/mol. The molecule has 0 bridgehead atoms. The summed E-state index contributed by atoms with van der Waals surface area (Å²) in [5.74, 6) is 0. The standard InChI is InChI=1S/C12H15NS/c1-2-3-4-5-10-6-7-11-9-13-14-12(11)8-10/h6-9H,2-5H2,1H3. The van der Waals surface area contributed by atoms with Crippen molar-refractivity contribution in [1.82, 2.24) is 4.37 Å². The Balaban J connectivity index is 2.10. The van der Waals surface area contributed by atoms with Crippen molar-refractivity contribution in [1.29, 1.82) is 0 Å². The molecular weight excluding hydrogens is 190 g/mol. The maximum Gasteiger partial charge on any atom is 0.0552 e. The molecule has 0 aliphatic heterocycles. The lowest BCUT2D eigenvalue weighted by Crippen LogP contribution is -1.84. The molecule has 0 radical (unpaired) electrons. The summed E-state index contributed by atoms with van der Waals surface area (Å²) in [6.45, 7) is 2.24. The smallest absolute Gasteiger partial charge is 0.0552 e. The first-order chi connectivity index (χ1) is 6.90. The molecule has 2 rings (SSSR count). The first kappa shape index (κ1) is 9.66. The first-order valence-corrected chi connectivity index (χ1v) is 6.01. The molecule has 1 aromatic heterocycles. The van der Waals surface area contributed by atoms with Crippen LogP contribution in [0.4, 0.5) is 0 Å². The minimum Gasteiger partial charge on any atom is -0.200 e. The Bertz CT molecular complexity index is 405. The van der Waals surface area contributed by atoms with Gasteiger partial charge in [0, 0.05) is 11.6 Å². The van der Waals surface area contributed by atoms with Crippen LogP contribution >= 0.6 is 11.5 Å². The van der Waals surface area contributed by atoms with Gasteiger partial charge in [-0.05, 0) is 36.0 Å². The maximum atomic E-state index is 4.18. The van der Waals surface area contributed by atoms with Crippen LogP contribution in [-0.4, -0.2) is 4.37 Å². The van der Waals surface area contributed by atoms with E-state index in [4.69, 9.17) is 0 Å². The van der Waals surface area contributed by atoms with E-state index in [2.05, 4.69) is 29.5 Å². The van der Waals surface area contributed by atoms with Gasteiger partial charge < -0.3 is 0 Å². The Morgan fingerprint density at radius 3 is 3.07 bits per heavy atom. The van der Waals surface area contributed by atoms with Gasteiger partial charge >= 0.3 is 0 Å². The predicted octanol–water partition coefficient (Wildman–Crippen LogP) is 4.03. The van der Waals surface area contributed by atoms with Gasteiger partial charge in [-0.1, -0.05) is 31.9 Å². The number of unbranched alkanes of at least 4 members (excludes halogenated alkanes) is 2. The molecule has 0 fully saturated rings. The third-order valence-corrected chi connectivity index (χ3v) is 3.25. The number of nitrogens with zero attached hydrogens (tertiary/aromatic N) is 1. The maximum absolute atomic E-state index is 4.18. The number of hydrogen-bond donors (Lipinski definition) is 0. The monoisotopic (exact) mass is 205 g/mol. The highest BCUT2D eigenvalue weighted by Crippen LogP contribution is 2.20. The SMILES string of the molecule is CCCCCc1ccc2cnsc2c1. The molecule has 0 saturated carbocycles. The molecule has 2 heteroatoms. The Morgan fingerprint density at radius 1 is 1.29 bits per heavy atom. The Kier molecular flexibility index (Phi) is 3.14. The summed E-state index contributed by atoms with van der Waals surface area (Å²) in [5, 5.41) is 1.27. The largest absolute Gasteiger partial charge is 0.200 e. The van der Waals surface area contributed by atoms with E-state index in [9.17, 15) is 0 Å². The van der Waals surface area contributed by atoms with Crippen LogP contribution in [0, 0.1) is 0 Å². The van der Waals surface area contributed by atoms with Crippen molar-refractivity contribution in [3.8, 4) is 0 Å². The lowest BCUT2D eigenvalue weighted by Gasteiger charge is -1.99. The molecule has 0 aliphatic carbocycles. The fourth-order valence-electron chi connectivity index (χ4n) is 1.64. The van der Waals surface area contributed by atoms with E-state index in [1.165, 1.54) is 41.3 Å². The molecule has 0 spiro atoms. The molecule has 0 unspecified atom stereocenters. The molecule has 2 aromatic rings. The van der Waals surface area contributed by atoms with Gasteiger partial charge in [0.05, 0.1) is 4.70 Å². The second-order valence-corrected chi connectivity index (χ2v) is 4.49. The van der Waals surface area contributed by atoms with Gasteiger partial charge in [0.25, 0.3) is 0 Å². The van der Waals surface area contributed by atoms with Crippen LogP contribution in [0.2, 0.25) is 0 Å². The van der Waals surface area contributed by atoms with Crippen molar-refractivity contribution in [2.75, 3.05) is 0 Å². The Labute approximate surface area is 88.9 Å². The van der Waals surface area contributed by atoms with Gasteiger partial charge in [-0.15, -0.1) is 0 Å². The highest BCUT2D eigenvalue weighted by Gasteiger charge is 1.98. The van der Waals surface area contributed by atoms with Crippen LogP contribution in [0.3, 0.4) is 0 Å². The van der Waals surface area contributed by atoms with Gasteiger partial charge in [0.1, 0.15) is 0 Å². The van der Waals surface area contributed by atoms with Crippen molar-refractivity contribution in [3.63, 3.8) is 0 Å². The minimum atomic E-state index is 1.21. The van der Waals surface area contributed by atoms with E-state index in [1.54, 1.807) is 11.5 Å². The van der Waals surface area contributed by atoms with Gasteiger partial charge in [0.2, 0.25) is 0 Å². The van der Waals surface area contributed by atoms with Crippen LogP contribution in [-0.2, 0) is 6.42 Å². The second kappa shape index (κ2) is 4.56. The average Bonchev–Trinajstić information content (AvgIpc) is 2.65. The van der Waals surface area contributed by atoms with Crippen LogP contribution < -0.4 is 0 Å². The van der Waals surface area contributed by atoms with E-state index in [0.29, 0.717) is 0 Å². The normalized spacial score (nSPS) is 10.9. The van der Waals surface area contributed by atoms with Crippen molar-refractivity contribution >= 4 is 21.6 Å². The lowest BCUT2D eigenvalue weighted by atomic mass is 10.1. The Hall–Kier alpha value is -0.890. The molecule has 14 heavy (non-hydrogen) atoms. The van der Waals surface area contributed by atoms with Crippen molar-refractivity contribution in [2.45, 2.75) is 32.6 Å². The molecule has 0 atom stereocenters. The molecule has 1 heterocycles. The molecule has 0 N–H and O–H groups in total. The third-order valence-electron chi connectivity index (χ3n) is 2.49. The first-order valence-electron chi connectivity index (χ1n) is 5.23. The summed E-state index contributed by atoms with van der Waals surface area (Å²) >= 11 is 1.59. The molecule has 0 aliphatic rings. The van der Waals surface area contributed by atoms with Crippen LogP contribution in [0.15, 0.2) is 24.4 Å². The lowest BCUT2D eigenvalue weighted by molar-refractivity contribution is 0.718. The molecule has 1 nitrogen and oxygen atoms in total. The number of rotatable bonds is 4. The summed E-state index contributed by atoms with van der Waals surface area (Å²) in [6.07, 6.45) is 7.09. The number of hydrogen-bond acceptors (Lipinski definition) is 2. The van der Waals surface area contributed by atoms with Crippen LogP contribution in [0.25, 0.3) is 10.1 Å². The summed E-state index contributed by atoms with van der Waals surface area (Å²) in [6, 6.07) is 6.69. The zero-order valence-corrected chi connectivity index (χ0v) is 9.31.